The normalized spacial score (nSPS) is 17.0. The fourth-order valence-electron chi connectivity index (χ4n) is 5.28. The van der Waals surface area contributed by atoms with Gasteiger partial charge in [0.15, 0.2) is 12.4 Å². The number of Topliss-reactive ketones (excluding diaryl/α,β-unsaturated/α-hetero) is 1. The molecule has 0 bridgehead atoms. The van der Waals surface area contributed by atoms with Gasteiger partial charge in [-0.2, -0.15) is 0 Å². The van der Waals surface area contributed by atoms with Crippen molar-refractivity contribution in [3.63, 3.8) is 0 Å². The first-order chi connectivity index (χ1) is 24.1. The molecular weight excluding hydrogens is 717 g/mol. The van der Waals surface area contributed by atoms with Gasteiger partial charge in [0.25, 0.3) is 5.91 Å². The Morgan fingerprint density at radius 2 is 1.50 bits per heavy atom. The van der Waals surface area contributed by atoms with Crippen LogP contribution in [0, 0.1) is 5.92 Å². The molecule has 15 heteroatoms. The molecule has 290 valence electrons. The maximum atomic E-state index is 14.1. The highest BCUT2D eigenvalue weighted by atomic mass is 35.5. The number of hydrogen-bond donors (Lipinski definition) is 2. The number of amides is 2. The first-order valence-corrected chi connectivity index (χ1v) is 18.3. The molecule has 1 aromatic rings. The van der Waals surface area contributed by atoms with E-state index in [1.165, 1.54) is 12.1 Å². The van der Waals surface area contributed by atoms with E-state index < -0.39 is 77.4 Å². The van der Waals surface area contributed by atoms with Crippen LogP contribution in [0.3, 0.4) is 0 Å². The van der Waals surface area contributed by atoms with Crippen molar-refractivity contribution in [2.24, 2.45) is 11.1 Å². The van der Waals surface area contributed by atoms with Crippen LogP contribution in [0.2, 0.25) is 10.0 Å². The van der Waals surface area contributed by atoms with E-state index in [0.717, 1.165) is 12.8 Å². The molecule has 0 radical (unpaired) electrons. The Morgan fingerprint density at radius 3 is 2.06 bits per heavy atom. The van der Waals surface area contributed by atoms with Crippen molar-refractivity contribution in [1.82, 2.24) is 10.6 Å². The highest BCUT2D eigenvalue weighted by Gasteiger charge is 2.49. The number of carbonyl (C=O) groups excluding carboxylic acids is 6. The number of rotatable bonds is 18. The lowest BCUT2D eigenvalue weighted by atomic mass is 9.85. The molecule has 3 atom stereocenters. The van der Waals surface area contributed by atoms with Gasteiger partial charge in [-0.15, -0.1) is 0 Å². The van der Waals surface area contributed by atoms with Crippen LogP contribution in [0.25, 0.3) is 0 Å². The van der Waals surface area contributed by atoms with E-state index in [9.17, 15) is 28.8 Å². The average molecular weight is 771 g/mol. The lowest BCUT2D eigenvalue weighted by Crippen LogP contribution is -2.55. The highest BCUT2D eigenvalue weighted by Crippen LogP contribution is 2.33. The largest absolute Gasteiger partial charge is 0.460 e. The second-order valence-electron chi connectivity index (χ2n) is 15.1. The summed E-state index contributed by atoms with van der Waals surface area (Å²) in [7, 11) is 0. The minimum absolute atomic E-state index is 0.0192. The van der Waals surface area contributed by atoms with Crippen LogP contribution in [0.4, 0.5) is 0 Å². The molecule has 1 aliphatic heterocycles. The number of halogens is 2. The van der Waals surface area contributed by atoms with Gasteiger partial charge in [0, 0.05) is 12.8 Å². The van der Waals surface area contributed by atoms with Crippen molar-refractivity contribution in [1.29, 1.82) is 0 Å². The van der Waals surface area contributed by atoms with Crippen molar-refractivity contribution in [3.8, 4) is 0 Å². The van der Waals surface area contributed by atoms with Crippen LogP contribution < -0.4 is 10.6 Å². The minimum atomic E-state index is -1.58. The fraction of sp³-hybridized carbons (Fsp3) is 0.649. The fourth-order valence-corrected chi connectivity index (χ4v) is 5.83. The van der Waals surface area contributed by atoms with Crippen molar-refractivity contribution in [2.75, 3.05) is 6.61 Å². The van der Waals surface area contributed by atoms with E-state index >= 15 is 0 Å². The van der Waals surface area contributed by atoms with E-state index in [1.54, 1.807) is 47.6 Å². The van der Waals surface area contributed by atoms with Gasteiger partial charge in [-0.25, -0.2) is 4.79 Å². The highest BCUT2D eigenvalue weighted by molar-refractivity contribution is 6.39. The summed E-state index contributed by atoms with van der Waals surface area (Å²) in [4.78, 5) is 84.4. The Morgan fingerprint density at radius 1 is 0.904 bits per heavy atom. The van der Waals surface area contributed by atoms with E-state index in [1.807, 2.05) is 20.8 Å². The molecule has 0 saturated carbocycles. The second-order valence-corrected chi connectivity index (χ2v) is 15.9. The summed E-state index contributed by atoms with van der Waals surface area (Å²) in [5.74, 6) is -4.34. The Bertz CT molecular complexity index is 1480. The quantitative estimate of drug-likeness (QED) is 0.0980. The van der Waals surface area contributed by atoms with Crippen molar-refractivity contribution < 1.29 is 47.8 Å². The minimum Gasteiger partial charge on any atom is -0.460 e. The molecule has 2 amide bonds. The molecule has 0 saturated heterocycles. The summed E-state index contributed by atoms with van der Waals surface area (Å²) in [5.41, 5.74) is -2.89. The number of oxime groups is 1. The molecule has 1 aliphatic rings. The Hall–Kier alpha value is -3.71. The predicted octanol–water partition coefficient (Wildman–Crippen LogP) is 6.29. The first-order valence-electron chi connectivity index (χ1n) is 17.5. The van der Waals surface area contributed by atoms with Crippen molar-refractivity contribution in [2.45, 2.75) is 143 Å². The number of hydrogen-bond acceptors (Lipinski definition) is 11. The summed E-state index contributed by atoms with van der Waals surface area (Å²) < 4.78 is 15.9. The van der Waals surface area contributed by atoms with Gasteiger partial charge < -0.3 is 29.7 Å². The lowest BCUT2D eigenvalue weighted by Gasteiger charge is -2.29. The number of benzene rings is 1. The third kappa shape index (κ3) is 14.4. The van der Waals surface area contributed by atoms with Gasteiger partial charge in [-0.3, -0.25) is 24.0 Å². The number of carbonyl (C=O) groups is 6. The summed E-state index contributed by atoms with van der Waals surface area (Å²) in [6.07, 6.45) is 1.58. The summed E-state index contributed by atoms with van der Waals surface area (Å²) >= 11 is 12.2. The zero-order valence-electron chi connectivity index (χ0n) is 31.6. The van der Waals surface area contributed by atoms with Gasteiger partial charge in [-0.1, -0.05) is 68.0 Å². The summed E-state index contributed by atoms with van der Waals surface area (Å²) in [5, 5.41) is 9.84. The average Bonchev–Trinajstić information content (AvgIpc) is 3.44. The summed E-state index contributed by atoms with van der Waals surface area (Å²) in [6.45, 7) is 15.1. The van der Waals surface area contributed by atoms with Crippen molar-refractivity contribution in [3.05, 3.63) is 33.8 Å². The molecule has 52 heavy (non-hydrogen) atoms. The lowest BCUT2D eigenvalue weighted by molar-refractivity contribution is -0.158. The molecule has 2 N–H and O–H groups in total. The molecule has 0 aromatic heterocycles. The van der Waals surface area contributed by atoms with Gasteiger partial charge in [-0.05, 0) is 72.4 Å². The van der Waals surface area contributed by atoms with Gasteiger partial charge in [0.2, 0.25) is 11.5 Å². The van der Waals surface area contributed by atoms with E-state index in [0.29, 0.717) is 12.1 Å². The van der Waals surface area contributed by atoms with Crippen LogP contribution in [-0.2, 0) is 43.0 Å². The molecule has 1 heterocycles. The number of esters is 3. The molecule has 13 nitrogen and oxygen atoms in total. The Kier molecular flexibility index (Phi) is 16.6. The zero-order valence-corrected chi connectivity index (χ0v) is 33.1. The van der Waals surface area contributed by atoms with Crippen molar-refractivity contribution >= 4 is 64.4 Å². The maximum Gasteiger partial charge on any atom is 0.341 e. The maximum absolute atomic E-state index is 14.1. The number of unbranched alkanes of at least 4 members (excludes halogenated alkanes) is 2. The SMILES string of the molecule is CCCCCC1(C(=O)N[C@@H](CC(=O)OC(C)(C)C)C(=O)COC(=O)c2c(Cl)cccc2Cl)CC([C@@H](NC(=O)CCC(=O)OC(C)(C)C)C(C)C)=NO1. The van der Waals surface area contributed by atoms with Crippen LogP contribution >= 0.6 is 23.2 Å². The smallest absolute Gasteiger partial charge is 0.341 e. The summed E-state index contributed by atoms with van der Waals surface area (Å²) in [6, 6.07) is 2.31. The van der Waals surface area contributed by atoms with E-state index in [4.69, 9.17) is 42.3 Å². The van der Waals surface area contributed by atoms with Crippen LogP contribution in [0.1, 0.15) is 124 Å². The molecule has 1 aromatic carbocycles. The van der Waals surface area contributed by atoms with E-state index in [2.05, 4.69) is 15.8 Å². The third-order valence-electron chi connectivity index (χ3n) is 7.72. The number of ether oxygens (including phenoxy) is 3. The first kappa shape index (κ1) is 44.5. The number of nitrogens with zero attached hydrogens (tertiary/aromatic N) is 1. The van der Waals surface area contributed by atoms with Gasteiger partial charge >= 0.3 is 17.9 Å². The van der Waals surface area contributed by atoms with Gasteiger partial charge in [0.1, 0.15) is 17.2 Å². The Labute approximate surface area is 316 Å². The molecular formula is C37H53Cl2N3O10. The molecule has 0 aliphatic carbocycles. The van der Waals surface area contributed by atoms with Crippen LogP contribution in [0.15, 0.2) is 23.4 Å². The Balaban J connectivity index is 2.29. The van der Waals surface area contributed by atoms with Gasteiger partial charge in [0.05, 0.1) is 40.2 Å². The second kappa shape index (κ2) is 19.4. The van der Waals surface area contributed by atoms with Crippen LogP contribution in [-0.4, -0.2) is 76.7 Å². The third-order valence-corrected chi connectivity index (χ3v) is 8.35. The molecule has 0 fully saturated rings. The monoisotopic (exact) mass is 769 g/mol. The molecule has 0 spiro atoms. The topological polar surface area (TPSA) is 176 Å². The number of nitrogens with one attached hydrogen (secondary N) is 2. The number of ketones is 1. The zero-order chi connectivity index (χ0) is 39.4. The molecule has 1 unspecified atom stereocenters. The molecule has 2 rings (SSSR count). The standard InChI is InChI=1S/C37H53Cl2N3O10/c1-10-11-12-18-37(20-26(42-52-37)32(22(2)3)41-28(44)16-17-29(45)50-35(4,5)6)34(48)40-25(19-30(46)51-36(7,8)9)27(43)21-49-33(47)31-23(38)14-13-15-24(31)39/h13-15,22,25,32H,10-12,16-21H2,1-9H3,(H,40,48)(H,41,44)/t25-,32-,37?/m0/s1. The predicted molar refractivity (Wildman–Crippen MR) is 196 cm³/mol. The van der Waals surface area contributed by atoms with Crippen LogP contribution in [0.5, 0.6) is 0 Å². The van der Waals surface area contributed by atoms with E-state index in [-0.39, 0.29) is 47.2 Å².